The number of anilines is 2. The van der Waals surface area contributed by atoms with Crippen LogP contribution in [0.25, 0.3) is 0 Å². The van der Waals surface area contributed by atoms with Crippen molar-refractivity contribution in [3.05, 3.63) is 36.1 Å². The minimum absolute atomic E-state index is 0.0512. The quantitative estimate of drug-likeness (QED) is 0.374. The second-order valence-corrected chi connectivity index (χ2v) is 9.26. The largest absolute Gasteiger partial charge is 0.360 e. The standard InChI is InChI=1S/C22H33N3O4S/c1-3-4-5-6-7-8-9-10-11-12-22(26)23-19-13-15-20(16-14-19)30(27,28)25-21-17-18(2)29-24-21/h13-17H,3-12H2,1-2H3,(H,23,26)(H,24,25). The molecule has 0 unspecified atom stereocenters. The molecule has 30 heavy (non-hydrogen) atoms. The molecule has 1 aromatic heterocycles. The minimum Gasteiger partial charge on any atom is -0.360 e. The minimum atomic E-state index is -3.76. The molecule has 0 atom stereocenters. The molecule has 0 aliphatic heterocycles. The van der Waals surface area contributed by atoms with Crippen molar-refractivity contribution >= 4 is 27.4 Å². The fourth-order valence-electron chi connectivity index (χ4n) is 3.15. The molecule has 8 heteroatoms. The third kappa shape index (κ3) is 8.57. The molecule has 2 N–H and O–H groups in total. The number of carbonyl (C=O) groups is 1. The Balaban J connectivity index is 1.69. The van der Waals surface area contributed by atoms with Crippen LogP contribution in [0.15, 0.2) is 39.8 Å². The van der Waals surface area contributed by atoms with Crippen LogP contribution in [0.1, 0.15) is 76.9 Å². The third-order valence-corrected chi connectivity index (χ3v) is 6.19. The molecule has 2 aromatic rings. The maximum absolute atomic E-state index is 12.4. The van der Waals surface area contributed by atoms with Crippen molar-refractivity contribution in [1.29, 1.82) is 0 Å². The van der Waals surface area contributed by atoms with E-state index < -0.39 is 10.0 Å². The molecule has 0 fully saturated rings. The maximum Gasteiger partial charge on any atom is 0.263 e. The van der Waals surface area contributed by atoms with Crippen LogP contribution in [0.3, 0.4) is 0 Å². The molecule has 1 aromatic carbocycles. The zero-order chi connectivity index (χ0) is 21.8. The van der Waals surface area contributed by atoms with Crippen LogP contribution >= 0.6 is 0 Å². The van der Waals surface area contributed by atoms with E-state index in [1.54, 1.807) is 19.1 Å². The van der Waals surface area contributed by atoms with Crippen LogP contribution in [0.4, 0.5) is 11.5 Å². The van der Waals surface area contributed by atoms with Gasteiger partial charge in [-0.2, -0.15) is 0 Å². The number of rotatable bonds is 14. The summed E-state index contributed by atoms with van der Waals surface area (Å²) in [7, 11) is -3.76. The predicted octanol–water partition coefficient (Wildman–Crippen LogP) is 5.64. The first-order chi connectivity index (χ1) is 14.4. The van der Waals surface area contributed by atoms with E-state index in [4.69, 9.17) is 4.52 Å². The molecule has 0 bridgehead atoms. The number of hydrogen-bond donors (Lipinski definition) is 2. The summed E-state index contributed by atoms with van der Waals surface area (Å²) < 4.78 is 31.9. The Morgan fingerprint density at radius 2 is 1.57 bits per heavy atom. The number of benzene rings is 1. The summed E-state index contributed by atoms with van der Waals surface area (Å²) >= 11 is 0. The summed E-state index contributed by atoms with van der Waals surface area (Å²) in [5.41, 5.74) is 0.576. The highest BCUT2D eigenvalue weighted by Crippen LogP contribution is 2.18. The van der Waals surface area contributed by atoms with E-state index >= 15 is 0 Å². The highest BCUT2D eigenvalue weighted by molar-refractivity contribution is 7.92. The van der Waals surface area contributed by atoms with Gasteiger partial charge in [0.2, 0.25) is 5.91 Å². The van der Waals surface area contributed by atoms with Crippen LogP contribution in [-0.2, 0) is 14.8 Å². The summed E-state index contributed by atoms with van der Waals surface area (Å²) in [5.74, 6) is 0.591. The average Bonchev–Trinajstić information content (AvgIpc) is 3.11. The van der Waals surface area contributed by atoms with Gasteiger partial charge in [0.05, 0.1) is 4.90 Å². The van der Waals surface area contributed by atoms with Crippen molar-refractivity contribution in [3.8, 4) is 0 Å². The lowest BCUT2D eigenvalue weighted by atomic mass is 10.1. The number of nitrogens with zero attached hydrogens (tertiary/aromatic N) is 1. The number of amides is 1. The zero-order valence-corrected chi connectivity index (χ0v) is 18.8. The van der Waals surface area contributed by atoms with Gasteiger partial charge in [-0.15, -0.1) is 0 Å². The number of aromatic nitrogens is 1. The summed E-state index contributed by atoms with van der Waals surface area (Å²) in [4.78, 5) is 12.2. The van der Waals surface area contributed by atoms with E-state index in [-0.39, 0.29) is 16.6 Å². The van der Waals surface area contributed by atoms with E-state index in [0.29, 0.717) is 17.9 Å². The van der Waals surface area contributed by atoms with Crippen molar-refractivity contribution in [2.45, 2.75) is 83.0 Å². The lowest BCUT2D eigenvalue weighted by molar-refractivity contribution is -0.116. The Kier molecular flexibility index (Phi) is 9.86. The van der Waals surface area contributed by atoms with Crippen molar-refractivity contribution in [2.24, 2.45) is 0 Å². The van der Waals surface area contributed by atoms with Gasteiger partial charge in [-0.25, -0.2) is 8.42 Å². The first kappa shape index (κ1) is 23.9. The summed E-state index contributed by atoms with van der Waals surface area (Å²) in [5, 5.41) is 6.44. The van der Waals surface area contributed by atoms with Gasteiger partial charge < -0.3 is 9.84 Å². The Morgan fingerprint density at radius 1 is 0.967 bits per heavy atom. The molecular formula is C22H33N3O4S. The molecule has 0 aliphatic carbocycles. The number of sulfonamides is 1. The maximum atomic E-state index is 12.4. The van der Waals surface area contributed by atoms with E-state index in [0.717, 1.165) is 12.8 Å². The van der Waals surface area contributed by atoms with Gasteiger partial charge >= 0.3 is 0 Å². The summed E-state index contributed by atoms with van der Waals surface area (Å²) in [6, 6.07) is 7.55. The van der Waals surface area contributed by atoms with Crippen molar-refractivity contribution in [1.82, 2.24) is 5.16 Å². The van der Waals surface area contributed by atoms with Crippen LogP contribution in [-0.4, -0.2) is 19.5 Å². The number of nitrogens with one attached hydrogen (secondary N) is 2. The number of aryl methyl sites for hydroxylation is 1. The monoisotopic (exact) mass is 435 g/mol. The zero-order valence-electron chi connectivity index (χ0n) is 17.9. The van der Waals surface area contributed by atoms with E-state index in [9.17, 15) is 13.2 Å². The molecule has 0 spiro atoms. The Hall–Kier alpha value is -2.35. The van der Waals surface area contributed by atoms with Crippen LogP contribution < -0.4 is 10.0 Å². The fourth-order valence-corrected chi connectivity index (χ4v) is 4.13. The smallest absolute Gasteiger partial charge is 0.263 e. The van der Waals surface area contributed by atoms with Gasteiger partial charge in [0.25, 0.3) is 10.0 Å². The Bertz CT molecular complexity index is 876. The second-order valence-electron chi connectivity index (χ2n) is 7.58. The molecule has 0 saturated carbocycles. The topological polar surface area (TPSA) is 101 Å². The highest BCUT2D eigenvalue weighted by Gasteiger charge is 2.16. The van der Waals surface area contributed by atoms with Crippen molar-refractivity contribution in [2.75, 3.05) is 10.0 Å². The van der Waals surface area contributed by atoms with Crippen LogP contribution in [0, 0.1) is 6.92 Å². The van der Waals surface area contributed by atoms with Crippen molar-refractivity contribution in [3.63, 3.8) is 0 Å². The first-order valence-electron chi connectivity index (χ1n) is 10.8. The number of unbranched alkanes of at least 4 members (excludes halogenated alkanes) is 8. The Labute approximate surface area is 179 Å². The second kappa shape index (κ2) is 12.4. The first-order valence-corrected chi connectivity index (χ1v) is 12.2. The van der Waals surface area contributed by atoms with Crippen LogP contribution in [0.5, 0.6) is 0 Å². The van der Waals surface area contributed by atoms with Crippen molar-refractivity contribution < 1.29 is 17.7 Å². The molecule has 0 radical (unpaired) electrons. The lowest BCUT2D eigenvalue weighted by Crippen LogP contribution is -2.14. The lowest BCUT2D eigenvalue weighted by Gasteiger charge is -2.08. The molecule has 7 nitrogen and oxygen atoms in total. The normalized spacial score (nSPS) is 11.4. The van der Waals surface area contributed by atoms with Gasteiger partial charge in [-0.05, 0) is 37.6 Å². The molecule has 1 amide bonds. The predicted molar refractivity (Wildman–Crippen MR) is 119 cm³/mol. The van der Waals surface area contributed by atoms with E-state index in [1.165, 1.54) is 63.1 Å². The molecule has 1 heterocycles. The molecule has 166 valence electrons. The van der Waals surface area contributed by atoms with Gasteiger partial charge in [-0.1, -0.05) is 63.4 Å². The number of hydrogen-bond acceptors (Lipinski definition) is 5. The SMILES string of the molecule is CCCCCCCCCCCC(=O)Nc1ccc(S(=O)(=O)Nc2cc(C)on2)cc1. The summed E-state index contributed by atoms with van der Waals surface area (Å²) in [6.45, 7) is 3.90. The molecule has 0 aliphatic rings. The Morgan fingerprint density at radius 3 is 2.13 bits per heavy atom. The molecule has 0 saturated heterocycles. The van der Waals surface area contributed by atoms with Gasteiger partial charge in [0.15, 0.2) is 5.82 Å². The van der Waals surface area contributed by atoms with Crippen LogP contribution in [0.2, 0.25) is 0 Å². The van der Waals surface area contributed by atoms with E-state index in [2.05, 4.69) is 22.1 Å². The fraction of sp³-hybridized carbons (Fsp3) is 0.545. The van der Waals surface area contributed by atoms with Gasteiger partial charge in [0, 0.05) is 18.2 Å². The average molecular weight is 436 g/mol. The summed E-state index contributed by atoms with van der Waals surface area (Å²) in [6.07, 6.45) is 11.3. The van der Waals surface area contributed by atoms with E-state index in [1.807, 2.05) is 0 Å². The van der Waals surface area contributed by atoms with Gasteiger partial charge in [0.1, 0.15) is 5.76 Å². The highest BCUT2D eigenvalue weighted by atomic mass is 32.2. The van der Waals surface area contributed by atoms with Gasteiger partial charge in [-0.3, -0.25) is 9.52 Å². The molecule has 2 rings (SSSR count). The number of carbonyl (C=O) groups excluding carboxylic acids is 1. The third-order valence-electron chi connectivity index (χ3n) is 4.82. The molecular weight excluding hydrogens is 402 g/mol.